The highest BCUT2D eigenvalue weighted by Gasteiger charge is 2.05. The number of rotatable bonds is 0. The summed E-state index contributed by atoms with van der Waals surface area (Å²) in [6, 6.07) is 4.17. The topological polar surface area (TPSA) is 38.9 Å². The minimum Gasteiger partial charge on any atom is -0.375 e. The molecule has 0 atom stereocenters. The predicted molar refractivity (Wildman–Crippen MR) is 69.5 cm³/mol. The van der Waals surface area contributed by atoms with Crippen LogP contribution in [0.4, 0.5) is 5.13 Å². The van der Waals surface area contributed by atoms with Gasteiger partial charge >= 0.3 is 0 Å². The van der Waals surface area contributed by atoms with Gasteiger partial charge in [0.15, 0.2) is 5.13 Å². The SMILES string of the molecule is Nc1nc2cc(I)cc(I)c2s1. The lowest BCUT2D eigenvalue weighted by Crippen LogP contribution is -1.80. The van der Waals surface area contributed by atoms with Crippen LogP contribution >= 0.6 is 56.5 Å². The molecule has 0 spiro atoms. The number of hydrogen-bond acceptors (Lipinski definition) is 3. The fourth-order valence-corrected chi connectivity index (χ4v) is 3.84. The van der Waals surface area contributed by atoms with Gasteiger partial charge in [-0.05, 0) is 57.3 Å². The molecule has 2 N–H and O–H groups in total. The molecule has 12 heavy (non-hydrogen) atoms. The normalized spacial score (nSPS) is 10.8. The summed E-state index contributed by atoms with van der Waals surface area (Å²) >= 11 is 6.13. The quantitative estimate of drug-likeness (QED) is 0.689. The van der Waals surface area contributed by atoms with Gasteiger partial charge in [0.2, 0.25) is 0 Å². The van der Waals surface area contributed by atoms with Crippen LogP contribution in [-0.2, 0) is 0 Å². The van der Waals surface area contributed by atoms with Crippen molar-refractivity contribution in [1.29, 1.82) is 0 Å². The summed E-state index contributed by atoms with van der Waals surface area (Å²) in [5.74, 6) is 0. The number of nitrogens with two attached hydrogens (primary N) is 1. The number of nitrogen functional groups attached to an aromatic ring is 1. The third-order valence-corrected chi connectivity index (χ3v) is 4.20. The van der Waals surface area contributed by atoms with Gasteiger partial charge in [-0.1, -0.05) is 11.3 Å². The van der Waals surface area contributed by atoms with Gasteiger partial charge in [0.1, 0.15) is 0 Å². The Balaban J connectivity index is 2.88. The summed E-state index contributed by atoms with van der Waals surface area (Å²) in [5.41, 5.74) is 6.62. The summed E-state index contributed by atoms with van der Waals surface area (Å²) in [6.45, 7) is 0. The van der Waals surface area contributed by atoms with E-state index < -0.39 is 0 Å². The number of benzene rings is 1. The first-order valence-corrected chi connectivity index (χ1v) is 6.15. The van der Waals surface area contributed by atoms with Crippen molar-refractivity contribution in [2.24, 2.45) is 0 Å². The Morgan fingerprint density at radius 2 is 2.08 bits per heavy atom. The molecule has 0 saturated carbocycles. The number of halogens is 2. The highest BCUT2D eigenvalue weighted by Crippen LogP contribution is 2.29. The van der Waals surface area contributed by atoms with Gasteiger partial charge in [-0.3, -0.25) is 0 Å². The van der Waals surface area contributed by atoms with Crippen LogP contribution in [0.15, 0.2) is 12.1 Å². The molecule has 0 unspecified atom stereocenters. The van der Waals surface area contributed by atoms with Crippen molar-refractivity contribution in [1.82, 2.24) is 4.98 Å². The molecule has 62 valence electrons. The fourth-order valence-electron chi connectivity index (χ4n) is 0.977. The molecule has 0 fully saturated rings. The fraction of sp³-hybridized carbons (Fsp3) is 0. The summed E-state index contributed by atoms with van der Waals surface area (Å²) in [4.78, 5) is 4.22. The van der Waals surface area contributed by atoms with Crippen LogP contribution < -0.4 is 5.73 Å². The number of hydrogen-bond donors (Lipinski definition) is 1. The third kappa shape index (κ3) is 1.53. The van der Waals surface area contributed by atoms with Crippen molar-refractivity contribution in [2.75, 3.05) is 5.73 Å². The Morgan fingerprint density at radius 3 is 2.83 bits per heavy atom. The van der Waals surface area contributed by atoms with Crippen molar-refractivity contribution in [3.63, 3.8) is 0 Å². The molecule has 0 radical (unpaired) electrons. The van der Waals surface area contributed by atoms with E-state index in [0.717, 1.165) is 5.52 Å². The van der Waals surface area contributed by atoms with E-state index in [1.54, 1.807) is 11.3 Å². The highest BCUT2D eigenvalue weighted by atomic mass is 127. The lowest BCUT2D eigenvalue weighted by Gasteiger charge is -1.92. The first-order valence-electron chi connectivity index (χ1n) is 3.18. The molecule has 0 saturated heterocycles. The first-order chi connectivity index (χ1) is 5.66. The van der Waals surface area contributed by atoms with E-state index in [0.29, 0.717) is 5.13 Å². The van der Waals surface area contributed by atoms with Crippen molar-refractivity contribution < 1.29 is 0 Å². The molecule has 0 bridgehead atoms. The molecule has 0 aliphatic heterocycles. The maximum atomic E-state index is 5.61. The van der Waals surface area contributed by atoms with E-state index in [9.17, 15) is 0 Å². The number of aromatic nitrogens is 1. The van der Waals surface area contributed by atoms with E-state index in [-0.39, 0.29) is 0 Å². The van der Waals surface area contributed by atoms with E-state index >= 15 is 0 Å². The van der Waals surface area contributed by atoms with Crippen LogP contribution in [0.25, 0.3) is 10.2 Å². The molecule has 2 rings (SSSR count). The average molecular weight is 402 g/mol. The van der Waals surface area contributed by atoms with Crippen molar-refractivity contribution in [3.05, 3.63) is 19.3 Å². The van der Waals surface area contributed by atoms with Crippen LogP contribution in [0, 0.1) is 7.14 Å². The molecule has 0 amide bonds. The van der Waals surface area contributed by atoms with Gasteiger partial charge in [-0.15, -0.1) is 0 Å². The van der Waals surface area contributed by atoms with Gasteiger partial charge in [0.05, 0.1) is 10.2 Å². The van der Waals surface area contributed by atoms with Gasteiger partial charge in [0, 0.05) is 7.14 Å². The second-order valence-corrected chi connectivity index (χ2v) is 5.73. The maximum Gasteiger partial charge on any atom is 0.181 e. The zero-order chi connectivity index (χ0) is 8.72. The minimum absolute atomic E-state index is 0.643. The minimum atomic E-state index is 0.643. The summed E-state index contributed by atoms with van der Waals surface area (Å²) in [7, 11) is 0. The summed E-state index contributed by atoms with van der Waals surface area (Å²) in [6.07, 6.45) is 0. The second-order valence-electron chi connectivity index (χ2n) is 2.29. The van der Waals surface area contributed by atoms with Crippen LogP contribution in [0.1, 0.15) is 0 Å². The molecule has 0 aliphatic carbocycles. The Morgan fingerprint density at radius 1 is 1.33 bits per heavy atom. The van der Waals surface area contributed by atoms with Crippen molar-refractivity contribution in [3.8, 4) is 0 Å². The van der Waals surface area contributed by atoms with E-state index in [1.807, 2.05) is 6.07 Å². The molecule has 1 aromatic carbocycles. The molecular formula is C7H4I2N2S. The largest absolute Gasteiger partial charge is 0.375 e. The van der Waals surface area contributed by atoms with E-state index in [4.69, 9.17) is 5.73 Å². The Kier molecular flexibility index (Phi) is 2.43. The smallest absolute Gasteiger partial charge is 0.181 e. The lowest BCUT2D eigenvalue weighted by molar-refractivity contribution is 1.48. The number of fused-ring (bicyclic) bond motifs is 1. The van der Waals surface area contributed by atoms with Crippen molar-refractivity contribution in [2.45, 2.75) is 0 Å². The molecule has 0 aliphatic rings. The van der Waals surface area contributed by atoms with E-state index in [2.05, 4.69) is 56.2 Å². The zero-order valence-corrected chi connectivity index (χ0v) is 11.0. The summed E-state index contributed by atoms with van der Waals surface area (Å²) < 4.78 is 3.62. The monoisotopic (exact) mass is 402 g/mol. The van der Waals surface area contributed by atoms with Gasteiger partial charge < -0.3 is 5.73 Å². The molecule has 2 nitrogen and oxygen atoms in total. The second kappa shape index (κ2) is 3.26. The van der Waals surface area contributed by atoms with E-state index in [1.165, 1.54) is 11.8 Å². The molecule has 1 aromatic heterocycles. The highest BCUT2D eigenvalue weighted by molar-refractivity contribution is 14.1. The molecular weight excluding hydrogens is 398 g/mol. The van der Waals surface area contributed by atoms with Gasteiger partial charge in [0.25, 0.3) is 0 Å². The average Bonchev–Trinajstić information content (AvgIpc) is 2.29. The van der Waals surface area contributed by atoms with Gasteiger partial charge in [-0.25, -0.2) is 4.98 Å². The summed E-state index contributed by atoms with van der Waals surface area (Å²) in [5, 5.41) is 0.643. The maximum absolute atomic E-state index is 5.61. The molecule has 5 heteroatoms. The van der Waals surface area contributed by atoms with Crippen LogP contribution in [0.2, 0.25) is 0 Å². The standard InChI is InChI=1S/C7H4I2N2S/c8-3-1-4(9)6-5(2-3)11-7(10)12-6/h1-2H,(H2,10,11). The first kappa shape index (κ1) is 8.95. The third-order valence-electron chi connectivity index (χ3n) is 1.43. The zero-order valence-electron chi connectivity index (χ0n) is 5.84. The van der Waals surface area contributed by atoms with Gasteiger partial charge in [-0.2, -0.15) is 0 Å². The van der Waals surface area contributed by atoms with Crippen molar-refractivity contribution >= 4 is 71.9 Å². The molecule has 1 heterocycles. The van der Waals surface area contributed by atoms with Crippen LogP contribution in [-0.4, -0.2) is 4.98 Å². The number of anilines is 1. The Bertz CT molecular complexity index is 438. The molecule has 2 aromatic rings. The number of thiazole rings is 1. The Labute approximate surface area is 101 Å². The predicted octanol–water partition coefficient (Wildman–Crippen LogP) is 3.09. The van der Waals surface area contributed by atoms with Crippen LogP contribution in [0.3, 0.4) is 0 Å². The Hall–Kier alpha value is 0.370. The number of nitrogens with zero attached hydrogens (tertiary/aromatic N) is 1. The van der Waals surface area contributed by atoms with Crippen LogP contribution in [0.5, 0.6) is 0 Å². The lowest BCUT2D eigenvalue weighted by atomic mass is 10.3.